The largest absolute Gasteiger partial charge is 0.388 e. The van der Waals surface area contributed by atoms with Crippen LogP contribution in [0, 0.1) is 16.7 Å². The molecule has 2 aromatic carbocycles. The molecule has 2 aliphatic rings. The van der Waals surface area contributed by atoms with Crippen LogP contribution in [0.1, 0.15) is 64.4 Å². The molecule has 8 nitrogen and oxygen atoms in total. The van der Waals surface area contributed by atoms with Crippen molar-refractivity contribution in [2.45, 2.75) is 56.5 Å². The van der Waals surface area contributed by atoms with E-state index in [1.807, 2.05) is 25.2 Å². The lowest BCUT2D eigenvalue weighted by molar-refractivity contribution is 0.1000. The van der Waals surface area contributed by atoms with Crippen LogP contribution in [-0.4, -0.2) is 48.9 Å². The fourth-order valence-corrected chi connectivity index (χ4v) is 6.16. The molecule has 0 bridgehead atoms. The van der Waals surface area contributed by atoms with E-state index in [9.17, 15) is 10.1 Å². The highest BCUT2D eigenvalue weighted by Crippen LogP contribution is 2.44. The van der Waals surface area contributed by atoms with Crippen molar-refractivity contribution in [3.8, 4) is 6.07 Å². The minimum Gasteiger partial charge on any atom is -0.388 e. The van der Waals surface area contributed by atoms with Gasteiger partial charge in [-0.2, -0.15) is 5.26 Å². The summed E-state index contributed by atoms with van der Waals surface area (Å²) in [6.07, 6.45) is 3.80. The van der Waals surface area contributed by atoms with Gasteiger partial charge in [0, 0.05) is 43.1 Å². The molecule has 0 aromatic heterocycles. The van der Waals surface area contributed by atoms with Crippen LogP contribution in [0.2, 0.25) is 0 Å². The zero-order valence-electron chi connectivity index (χ0n) is 22.9. The Balaban J connectivity index is 1.74. The highest BCUT2D eigenvalue weighted by atomic mass is 16.1. The van der Waals surface area contributed by atoms with Crippen molar-refractivity contribution >= 4 is 17.4 Å². The molecule has 2 aromatic rings. The zero-order chi connectivity index (χ0) is 28.3. The standard InChI is InChI=1S/C31H39N7O/c1-19(37-18-20(2)38-13-5-6-26(38)17-32)16-31(30(34)35)27-11-9-22(21(3)36-4)14-23(27)7-8-24-15-25(29(33)39)10-12-28(24)31/h9-12,14-15,19,26,36-37H,2-3,5-8,13,16,18H2,1,4H3,(H2,33,39)(H3,34,35)/t19-,26?,31?/m1/s1. The molecule has 1 heterocycles. The van der Waals surface area contributed by atoms with E-state index >= 15 is 0 Å². The van der Waals surface area contributed by atoms with E-state index in [1.54, 1.807) is 6.07 Å². The third-order valence-electron chi connectivity index (χ3n) is 8.26. The monoisotopic (exact) mass is 525 g/mol. The Morgan fingerprint density at radius 1 is 1.18 bits per heavy atom. The van der Waals surface area contributed by atoms with Gasteiger partial charge in [-0.05, 0) is 85.0 Å². The van der Waals surface area contributed by atoms with Gasteiger partial charge in [0.2, 0.25) is 5.91 Å². The number of fused-ring (bicyclic) bond motifs is 2. The molecule has 4 rings (SSSR count). The molecule has 0 spiro atoms. The Bertz CT molecular complexity index is 1360. The van der Waals surface area contributed by atoms with Crippen molar-refractivity contribution < 1.29 is 4.79 Å². The SMILES string of the molecule is C=C(NC)c1ccc2c(c1)CCc1cc(C(N)=O)ccc1C2(C[C@@H](C)NCC(=C)N1CCCC1C#N)C(=N)N. The number of nitrogens with one attached hydrogen (secondary N) is 3. The normalized spacial score (nSPS) is 20.6. The second-order valence-corrected chi connectivity index (χ2v) is 10.7. The number of benzene rings is 2. The Labute approximate surface area is 231 Å². The van der Waals surface area contributed by atoms with Gasteiger partial charge in [0.15, 0.2) is 0 Å². The minimum atomic E-state index is -0.909. The van der Waals surface area contributed by atoms with Crippen molar-refractivity contribution in [3.63, 3.8) is 0 Å². The van der Waals surface area contributed by atoms with Gasteiger partial charge in [-0.3, -0.25) is 10.2 Å². The van der Waals surface area contributed by atoms with E-state index in [1.165, 1.54) is 0 Å². The van der Waals surface area contributed by atoms with Crippen LogP contribution in [0.5, 0.6) is 0 Å². The molecule has 39 heavy (non-hydrogen) atoms. The van der Waals surface area contributed by atoms with Crippen molar-refractivity contribution in [2.24, 2.45) is 11.5 Å². The number of rotatable bonds is 10. The molecule has 7 N–H and O–H groups in total. The number of primary amides is 1. The predicted molar refractivity (Wildman–Crippen MR) is 156 cm³/mol. The molecule has 2 unspecified atom stereocenters. The number of nitrogens with zero attached hydrogens (tertiary/aromatic N) is 2. The summed E-state index contributed by atoms with van der Waals surface area (Å²) in [5.74, 6) is -0.429. The number of hydrogen-bond acceptors (Lipinski definition) is 6. The van der Waals surface area contributed by atoms with Gasteiger partial charge in [0.05, 0.1) is 11.5 Å². The van der Waals surface area contributed by atoms with Crippen LogP contribution < -0.4 is 22.1 Å². The van der Waals surface area contributed by atoms with E-state index in [-0.39, 0.29) is 17.9 Å². The van der Waals surface area contributed by atoms with Gasteiger partial charge in [-0.1, -0.05) is 31.4 Å². The van der Waals surface area contributed by atoms with E-state index in [0.29, 0.717) is 24.9 Å². The topological polar surface area (TPSA) is 144 Å². The fraction of sp³-hybridized carbons (Fsp3) is 0.387. The number of carbonyl (C=O) groups is 1. The van der Waals surface area contributed by atoms with Crippen molar-refractivity contribution in [1.82, 2.24) is 15.5 Å². The molecule has 3 atom stereocenters. The van der Waals surface area contributed by atoms with E-state index in [2.05, 4.69) is 53.8 Å². The third-order valence-corrected chi connectivity index (χ3v) is 8.26. The smallest absolute Gasteiger partial charge is 0.248 e. The number of amidine groups is 1. The molecule has 1 aliphatic carbocycles. The summed E-state index contributed by atoms with van der Waals surface area (Å²) in [5, 5.41) is 25.2. The zero-order valence-corrected chi connectivity index (χ0v) is 22.9. The number of likely N-dealkylation sites (tertiary alicyclic amines) is 1. The average molecular weight is 526 g/mol. The van der Waals surface area contributed by atoms with Crippen LogP contribution in [0.15, 0.2) is 55.3 Å². The minimum absolute atomic E-state index is 0.0460. The maximum absolute atomic E-state index is 12.0. The summed E-state index contributed by atoms with van der Waals surface area (Å²) in [6, 6.07) is 13.9. The molecule has 1 fully saturated rings. The highest BCUT2D eigenvalue weighted by Gasteiger charge is 2.43. The van der Waals surface area contributed by atoms with Gasteiger partial charge in [0.25, 0.3) is 0 Å². The van der Waals surface area contributed by atoms with E-state index in [0.717, 1.165) is 65.0 Å². The molecule has 1 amide bonds. The van der Waals surface area contributed by atoms with Gasteiger partial charge >= 0.3 is 0 Å². The summed E-state index contributed by atoms with van der Waals surface area (Å²) in [6.45, 7) is 11.8. The highest BCUT2D eigenvalue weighted by molar-refractivity contribution is 5.96. The third kappa shape index (κ3) is 5.27. The van der Waals surface area contributed by atoms with Crippen LogP contribution in [0.25, 0.3) is 5.70 Å². The van der Waals surface area contributed by atoms with Crippen LogP contribution >= 0.6 is 0 Å². The van der Waals surface area contributed by atoms with Crippen molar-refractivity contribution in [1.29, 1.82) is 10.7 Å². The first-order chi connectivity index (χ1) is 18.6. The van der Waals surface area contributed by atoms with Crippen LogP contribution in [0.4, 0.5) is 0 Å². The van der Waals surface area contributed by atoms with Gasteiger partial charge in [-0.15, -0.1) is 0 Å². The summed E-state index contributed by atoms with van der Waals surface area (Å²) in [4.78, 5) is 14.1. The second kappa shape index (κ2) is 11.3. The number of nitrogens with two attached hydrogens (primary N) is 2. The number of amides is 1. The summed E-state index contributed by atoms with van der Waals surface area (Å²) in [7, 11) is 1.84. The maximum Gasteiger partial charge on any atom is 0.248 e. The molecule has 1 saturated heterocycles. The summed E-state index contributed by atoms with van der Waals surface area (Å²) >= 11 is 0. The van der Waals surface area contributed by atoms with Gasteiger partial charge < -0.3 is 27.0 Å². The number of aryl methyl sites for hydroxylation is 2. The van der Waals surface area contributed by atoms with Gasteiger partial charge in [-0.25, -0.2) is 0 Å². The van der Waals surface area contributed by atoms with E-state index in [4.69, 9.17) is 16.9 Å². The van der Waals surface area contributed by atoms with Crippen LogP contribution in [0.3, 0.4) is 0 Å². The number of carbonyl (C=O) groups excluding carboxylic acids is 1. The van der Waals surface area contributed by atoms with E-state index < -0.39 is 11.3 Å². The molecule has 0 saturated carbocycles. The molecular formula is C31H39N7O. The molecule has 0 radical (unpaired) electrons. The van der Waals surface area contributed by atoms with Gasteiger partial charge in [0.1, 0.15) is 11.9 Å². The molecule has 8 heteroatoms. The Kier molecular flexibility index (Phi) is 8.12. The van der Waals surface area contributed by atoms with Crippen molar-refractivity contribution in [2.75, 3.05) is 20.1 Å². The Morgan fingerprint density at radius 3 is 2.36 bits per heavy atom. The molecule has 204 valence electrons. The predicted octanol–water partition coefficient (Wildman–Crippen LogP) is 3.17. The Morgan fingerprint density at radius 2 is 1.79 bits per heavy atom. The maximum atomic E-state index is 12.0. The quantitative estimate of drug-likeness (QED) is 0.238. The first-order valence-corrected chi connectivity index (χ1v) is 13.5. The fourth-order valence-electron chi connectivity index (χ4n) is 6.16. The molecular weight excluding hydrogens is 486 g/mol. The lowest BCUT2D eigenvalue weighted by Crippen LogP contribution is -2.48. The Hall–Kier alpha value is -4.09. The molecule has 1 aliphatic heterocycles. The summed E-state index contributed by atoms with van der Waals surface area (Å²) < 4.78 is 0. The number of nitriles is 1. The van der Waals surface area contributed by atoms with Crippen LogP contribution in [-0.2, 0) is 18.3 Å². The lowest BCUT2D eigenvalue weighted by Gasteiger charge is -2.38. The second-order valence-electron chi connectivity index (χ2n) is 10.7. The van der Waals surface area contributed by atoms with Crippen molar-refractivity contribution in [3.05, 3.63) is 88.6 Å². The first kappa shape index (κ1) is 27.9. The lowest BCUT2D eigenvalue weighted by atomic mass is 9.67. The average Bonchev–Trinajstić information content (AvgIpc) is 3.37. The first-order valence-electron chi connectivity index (χ1n) is 13.5. The number of hydrogen-bond donors (Lipinski definition) is 5. The summed E-state index contributed by atoms with van der Waals surface area (Å²) in [5.41, 5.74) is 18.4.